The predicted molar refractivity (Wildman–Crippen MR) is 48.9 cm³/mol. The standard InChI is InChI=1S/C6H14O12P2.4K/c7-3-2(1-16-19(10,11)12)17-6(5(9)4(3)8)18-20(13,14)15;;;;/h2-9H,1H2,(H2,10,11,12)(H2,13,14,15);;;;/q;4*+1/p-4/t2-,3-,4+,5-,6?;;;;/m1..../s1. The van der Waals surface area contributed by atoms with Crippen LogP contribution in [0.3, 0.4) is 0 Å². The molecule has 24 heavy (non-hydrogen) atoms. The van der Waals surface area contributed by atoms with Crippen molar-refractivity contribution < 1.29 is 263 Å². The van der Waals surface area contributed by atoms with Gasteiger partial charge in [0, 0.05) is 0 Å². The quantitative estimate of drug-likeness (QED) is 0.241. The average Bonchev–Trinajstić information content (AvgIpc) is 2.25. The number of aliphatic hydroxyl groups excluding tert-OH is 3. The third-order valence-corrected chi connectivity index (χ3v) is 3.23. The van der Waals surface area contributed by atoms with Crippen LogP contribution in [0, 0.1) is 0 Å². The van der Waals surface area contributed by atoms with Gasteiger partial charge in [0.15, 0.2) is 6.29 Å². The summed E-state index contributed by atoms with van der Waals surface area (Å²) in [6.45, 7) is -1.07. The molecule has 0 amide bonds. The molecule has 120 valence electrons. The number of hydrogen-bond donors (Lipinski definition) is 3. The minimum Gasteiger partial charge on any atom is -0.790 e. The zero-order valence-electron chi connectivity index (χ0n) is 13.5. The molecule has 0 radical (unpaired) electrons. The fourth-order valence-electron chi connectivity index (χ4n) is 1.43. The largest absolute Gasteiger partial charge is 1.00 e. The number of hydrogen-bond acceptors (Lipinski definition) is 12. The van der Waals surface area contributed by atoms with Gasteiger partial charge in [-0.15, -0.1) is 0 Å². The van der Waals surface area contributed by atoms with E-state index in [-0.39, 0.29) is 206 Å². The van der Waals surface area contributed by atoms with E-state index in [9.17, 15) is 44.0 Å². The van der Waals surface area contributed by atoms with Crippen LogP contribution in [-0.4, -0.2) is 52.6 Å². The number of phosphoric acid groups is 2. The molecule has 1 fully saturated rings. The molecule has 0 aromatic rings. The Morgan fingerprint density at radius 2 is 1.29 bits per heavy atom. The molecule has 1 heterocycles. The maximum atomic E-state index is 10.4. The summed E-state index contributed by atoms with van der Waals surface area (Å²) in [6.07, 6.45) is -9.92. The van der Waals surface area contributed by atoms with Crippen LogP contribution in [-0.2, 0) is 22.9 Å². The van der Waals surface area contributed by atoms with E-state index in [1.54, 1.807) is 0 Å². The summed E-state index contributed by atoms with van der Waals surface area (Å²) in [7, 11) is -11.0. The molecule has 1 aliphatic heterocycles. The Kier molecular flexibility index (Phi) is 27.0. The van der Waals surface area contributed by atoms with Gasteiger partial charge in [0.1, 0.15) is 24.4 Å². The summed E-state index contributed by atoms with van der Waals surface area (Å²) >= 11 is 0. The van der Waals surface area contributed by atoms with Gasteiger partial charge in [-0.1, -0.05) is 0 Å². The fourth-order valence-corrected chi connectivity index (χ4v) is 2.19. The normalized spacial score (nSPS) is 30.0. The van der Waals surface area contributed by atoms with Crippen LogP contribution < -0.4 is 225 Å². The van der Waals surface area contributed by atoms with Gasteiger partial charge in [-0.2, -0.15) is 0 Å². The maximum absolute atomic E-state index is 10.4. The molecule has 0 aromatic heterocycles. The SMILES string of the molecule is O=P([O-])([O-])OC[C@H]1OC(OP(=O)([O-])[O-])[C@H](O)[C@@H](O)[C@@H]1O.[K+].[K+].[K+].[K+]. The van der Waals surface area contributed by atoms with Crippen LogP contribution in [0.5, 0.6) is 0 Å². The first-order chi connectivity index (χ1) is 8.91. The summed E-state index contributed by atoms with van der Waals surface area (Å²) in [5, 5.41) is 28.1. The molecule has 1 rings (SSSR count). The summed E-state index contributed by atoms with van der Waals surface area (Å²) < 4.78 is 32.8. The number of aliphatic hydroxyl groups is 3. The Labute approximate surface area is 307 Å². The summed E-state index contributed by atoms with van der Waals surface area (Å²) in [4.78, 5) is 41.3. The molecule has 1 unspecified atom stereocenters. The van der Waals surface area contributed by atoms with Gasteiger partial charge in [-0.05, 0) is 0 Å². The van der Waals surface area contributed by atoms with Gasteiger partial charge in [0.05, 0.1) is 22.3 Å². The van der Waals surface area contributed by atoms with E-state index in [1.807, 2.05) is 0 Å². The Balaban J connectivity index is -0.000000500. The zero-order valence-corrected chi connectivity index (χ0v) is 27.8. The molecule has 0 aliphatic carbocycles. The topological polar surface area (TPSA) is 215 Å². The van der Waals surface area contributed by atoms with Crippen molar-refractivity contribution in [3.05, 3.63) is 0 Å². The number of phosphoric ester groups is 2. The smallest absolute Gasteiger partial charge is 0.790 e. The molecule has 5 atom stereocenters. The van der Waals surface area contributed by atoms with E-state index >= 15 is 0 Å². The van der Waals surface area contributed by atoms with Crippen LogP contribution in [0.15, 0.2) is 0 Å². The van der Waals surface area contributed by atoms with E-state index in [1.165, 1.54) is 0 Å². The number of ether oxygens (including phenoxy) is 1. The third kappa shape index (κ3) is 15.4. The Bertz CT molecular complexity index is 428. The first-order valence-corrected chi connectivity index (χ1v) is 7.89. The summed E-state index contributed by atoms with van der Waals surface area (Å²) in [6, 6.07) is 0. The summed E-state index contributed by atoms with van der Waals surface area (Å²) in [5.41, 5.74) is 0. The van der Waals surface area contributed by atoms with Gasteiger partial charge >= 0.3 is 206 Å². The average molecular weight is 492 g/mol. The minimum atomic E-state index is -5.59. The van der Waals surface area contributed by atoms with E-state index in [0.29, 0.717) is 0 Å². The van der Waals surface area contributed by atoms with Crippen LogP contribution in [0.25, 0.3) is 0 Å². The molecule has 0 aromatic carbocycles. The van der Waals surface area contributed by atoms with Gasteiger partial charge in [0.2, 0.25) is 0 Å². The molecule has 0 spiro atoms. The van der Waals surface area contributed by atoms with Crippen LogP contribution >= 0.6 is 15.6 Å². The zero-order chi connectivity index (χ0) is 15.7. The second-order valence-corrected chi connectivity index (χ2v) is 6.07. The fraction of sp³-hybridized carbons (Fsp3) is 1.00. The predicted octanol–water partition coefficient (Wildman–Crippen LogP) is -17.5. The van der Waals surface area contributed by atoms with Gasteiger partial charge < -0.3 is 57.8 Å². The monoisotopic (exact) mass is 492 g/mol. The van der Waals surface area contributed by atoms with Gasteiger partial charge in [0.25, 0.3) is 0 Å². The molecule has 0 bridgehead atoms. The van der Waals surface area contributed by atoms with Crippen molar-refractivity contribution in [2.24, 2.45) is 0 Å². The molecule has 1 saturated heterocycles. The van der Waals surface area contributed by atoms with Crippen molar-refractivity contribution >= 4 is 15.6 Å². The molecular weight excluding hydrogens is 482 g/mol. The van der Waals surface area contributed by atoms with E-state index in [0.717, 1.165) is 0 Å². The van der Waals surface area contributed by atoms with Gasteiger partial charge in [-0.3, -0.25) is 0 Å². The molecule has 12 nitrogen and oxygen atoms in total. The number of rotatable bonds is 5. The molecule has 0 saturated carbocycles. The van der Waals surface area contributed by atoms with E-state index in [2.05, 4.69) is 13.8 Å². The molecule has 1 aliphatic rings. The minimum absolute atomic E-state index is 0. The second kappa shape index (κ2) is 17.1. The van der Waals surface area contributed by atoms with E-state index < -0.39 is 53.0 Å². The van der Waals surface area contributed by atoms with Crippen molar-refractivity contribution in [2.75, 3.05) is 6.61 Å². The van der Waals surface area contributed by atoms with Crippen molar-refractivity contribution in [1.82, 2.24) is 0 Å². The van der Waals surface area contributed by atoms with Crippen LogP contribution in [0.2, 0.25) is 0 Å². The molecule has 18 heteroatoms. The van der Waals surface area contributed by atoms with Crippen molar-refractivity contribution in [3.8, 4) is 0 Å². The Morgan fingerprint density at radius 1 is 0.833 bits per heavy atom. The Hall–Kier alpha value is 6.61. The maximum Gasteiger partial charge on any atom is 1.00 e. The summed E-state index contributed by atoms with van der Waals surface area (Å²) in [5.74, 6) is 0. The van der Waals surface area contributed by atoms with Gasteiger partial charge in [-0.25, -0.2) is 0 Å². The van der Waals surface area contributed by atoms with Crippen LogP contribution in [0.1, 0.15) is 0 Å². The second-order valence-electron chi connectivity index (χ2n) is 3.81. The first kappa shape index (κ1) is 37.9. The van der Waals surface area contributed by atoms with Crippen molar-refractivity contribution in [1.29, 1.82) is 0 Å². The van der Waals surface area contributed by atoms with E-state index in [4.69, 9.17) is 0 Å². The van der Waals surface area contributed by atoms with Crippen LogP contribution in [0.4, 0.5) is 0 Å². The third-order valence-electron chi connectivity index (χ3n) is 2.30. The molecular formula is C6H10K4O12P2. The Morgan fingerprint density at radius 3 is 1.67 bits per heavy atom. The first-order valence-electron chi connectivity index (χ1n) is 4.97. The van der Waals surface area contributed by atoms with Crippen molar-refractivity contribution in [2.45, 2.75) is 30.7 Å². The molecule has 3 N–H and O–H groups in total. The van der Waals surface area contributed by atoms with Crippen molar-refractivity contribution in [3.63, 3.8) is 0 Å².